The van der Waals surface area contributed by atoms with Gasteiger partial charge in [0.05, 0.1) is 13.3 Å². The molecule has 0 saturated heterocycles. The molecule has 0 saturated carbocycles. The summed E-state index contributed by atoms with van der Waals surface area (Å²) in [6, 6.07) is 0. The van der Waals surface area contributed by atoms with Crippen molar-refractivity contribution in [1.82, 2.24) is 4.37 Å². The summed E-state index contributed by atoms with van der Waals surface area (Å²) in [6.45, 7) is 0. The molecule has 5 nitrogen and oxygen atoms in total. The van der Waals surface area contributed by atoms with Crippen LogP contribution in [0.15, 0.2) is 16.7 Å². The SMILES string of the molecule is COC(=O)C(=NO)c1cnsc1. The summed E-state index contributed by atoms with van der Waals surface area (Å²) in [5.41, 5.74) is 0.320. The molecule has 1 N–H and O–H groups in total. The zero-order valence-corrected chi connectivity index (χ0v) is 7.04. The third-order valence-corrected chi connectivity index (χ3v) is 1.77. The molecule has 0 aliphatic rings. The van der Waals surface area contributed by atoms with Crippen molar-refractivity contribution in [1.29, 1.82) is 0 Å². The fraction of sp³-hybridized carbons (Fsp3) is 0.167. The van der Waals surface area contributed by atoms with Gasteiger partial charge in [-0.3, -0.25) is 0 Å². The smallest absolute Gasteiger partial charge is 0.360 e. The Morgan fingerprint density at radius 1 is 1.83 bits per heavy atom. The molecule has 0 spiro atoms. The molecule has 0 radical (unpaired) electrons. The summed E-state index contributed by atoms with van der Waals surface area (Å²) < 4.78 is 8.12. The van der Waals surface area contributed by atoms with E-state index in [4.69, 9.17) is 5.21 Å². The zero-order valence-electron chi connectivity index (χ0n) is 6.22. The number of aromatic nitrogens is 1. The Morgan fingerprint density at radius 2 is 2.58 bits per heavy atom. The molecular weight excluding hydrogens is 180 g/mol. The molecule has 12 heavy (non-hydrogen) atoms. The van der Waals surface area contributed by atoms with Gasteiger partial charge in [0.15, 0.2) is 5.71 Å². The third kappa shape index (κ3) is 1.59. The number of carbonyl (C=O) groups excluding carboxylic acids is 1. The lowest BCUT2D eigenvalue weighted by atomic mass is 10.2. The Morgan fingerprint density at radius 3 is 3.00 bits per heavy atom. The number of hydrogen-bond donors (Lipinski definition) is 1. The quantitative estimate of drug-likeness (QED) is 0.316. The third-order valence-electron chi connectivity index (χ3n) is 1.18. The maximum absolute atomic E-state index is 10.9. The zero-order chi connectivity index (χ0) is 8.97. The minimum atomic E-state index is -0.683. The van der Waals surface area contributed by atoms with Gasteiger partial charge in [-0.05, 0) is 11.5 Å². The van der Waals surface area contributed by atoms with Crippen LogP contribution in [-0.2, 0) is 9.53 Å². The molecular formula is C6H6N2O3S. The van der Waals surface area contributed by atoms with E-state index in [0.717, 1.165) is 11.5 Å². The highest BCUT2D eigenvalue weighted by Crippen LogP contribution is 2.04. The van der Waals surface area contributed by atoms with Crippen LogP contribution in [0.25, 0.3) is 0 Å². The molecule has 0 aliphatic carbocycles. The van der Waals surface area contributed by atoms with Gasteiger partial charge in [-0.1, -0.05) is 5.16 Å². The molecule has 64 valence electrons. The summed E-state index contributed by atoms with van der Waals surface area (Å²) in [6.07, 6.45) is 1.43. The number of hydrogen-bond acceptors (Lipinski definition) is 6. The fourth-order valence-electron chi connectivity index (χ4n) is 0.635. The van der Waals surface area contributed by atoms with Crippen molar-refractivity contribution < 1.29 is 14.7 Å². The Balaban J connectivity index is 2.93. The summed E-state index contributed by atoms with van der Waals surface area (Å²) in [4.78, 5) is 10.9. The van der Waals surface area contributed by atoms with Gasteiger partial charge in [0.2, 0.25) is 0 Å². The molecule has 0 unspecified atom stereocenters. The van der Waals surface area contributed by atoms with Crippen molar-refractivity contribution >= 4 is 23.2 Å². The maximum atomic E-state index is 10.9. The normalized spacial score (nSPS) is 11.2. The van der Waals surface area contributed by atoms with E-state index in [9.17, 15) is 4.79 Å². The fourth-order valence-corrected chi connectivity index (χ4v) is 1.16. The average molecular weight is 186 g/mol. The molecule has 0 aliphatic heterocycles. The summed E-state index contributed by atoms with van der Waals surface area (Å²) in [5, 5.41) is 12.9. The first-order valence-corrected chi connectivity index (χ1v) is 3.83. The number of esters is 1. The number of methoxy groups -OCH3 is 1. The standard InChI is InChI=1S/C6H6N2O3S/c1-11-6(9)5(8-10)4-2-7-12-3-4/h2-3,10H,1H3. The van der Waals surface area contributed by atoms with Crippen LogP contribution in [-0.4, -0.2) is 28.4 Å². The van der Waals surface area contributed by atoms with E-state index in [1.54, 1.807) is 5.38 Å². The van der Waals surface area contributed by atoms with Crippen LogP contribution in [0.3, 0.4) is 0 Å². The van der Waals surface area contributed by atoms with Crippen LogP contribution in [0.1, 0.15) is 5.56 Å². The van der Waals surface area contributed by atoms with Gasteiger partial charge in [-0.15, -0.1) is 0 Å². The monoisotopic (exact) mass is 186 g/mol. The lowest BCUT2D eigenvalue weighted by molar-refractivity contribution is -0.132. The summed E-state index contributed by atoms with van der Waals surface area (Å²) in [7, 11) is 1.22. The van der Waals surface area contributed by atoms with Gasteiger partial charge in [0.25, 0.3) is 0 Å². The van der Waals surface area contributed by atoms with Crippen molar-refractivity contribution in [3.05, 3.63) is 17.1 Å². The molecule has 0 aromatic carbocycles. The van der Waals surface area contributed by atoms with Gasteiger partial charge >= 0.3 is 5.97 Å². The minimum Gasteiger partial charge on any atom is -0.464 e. The van der Waals surface area contributed by atoms with Crippen molar-refractivity contribution in [2.45, 2.75) is 0 Å². The number of carbonyl (C=O) groups is 1. The van der Waals surface area contributed by atoms with Crippen molar-refractivity contribution in [2.75, 3.05) is 7.11 Å². The van der Waals surface area contributed by atoms with E-state index in [2.05, 4.69) is 14.3 Å². The second-order valence-corrected chi connectivity index (χ2v) is 2.51. The van der Waals surface area contributed by atoms with Gasteiger partial charge < -0.3 is 9.94 Å². The number of nitrogens with zero attached hydrogens (tertiary/aromatic N) is 2. The van der Waals surface area contributed by atoms with Crippen LogP contribution in [0, 0.1) is 0 Å². The second-order valence-electron chi connectivity index (χ2n) is 1.85. The predicted octanol–water partition coefficient (Wildman–Crippen LogP) is 0.494. The average Bonchev–Trinajstić information content (AvgIpc) is 2.58. The highest BCUT2D eigenvalue weighted by Gasteiger charge is 2.15. The molecule has 1 aromatic rings. The first-order valence-electron chi connectivity index (χ1n) is 2.99. The van der Waals surface area contributed by atoms with Crippen LogP contribution in [0.2, 0.25) is 0 Å². The number of oxime groups is 1. The van der Waals surface area contributed by atoms with Crippen molar-refractivity contribution in [3.63, 3.8) is 0 Å². The number of rotatable bonds is 2. The van der Waals surface area contributed by atoms with E-state index in [0.29, 0.717) is 5.56 Å². The lowest BCUT2D eigenvalue weighted by Gasteiger charge is -1.96. The summed E-state index contributed by atoms with van der Waals surface area (Å²) >= 11 is 1.16. The van der Waals surface area contributed by atoms with Gasteiger partial charge in [-0.25, -0.2) is 9.17 Å². The first kappa shape index (κ1) is 8.66. The Labute approximate surface area is 72.4 Å². The minimum absolute atomic E-state index is 0.133. The molecule has 0 atom stereocenters. The van der Waals surface area contributed by atoms with Gasteiger partial charge in [0.1, 0.15) is 0 Å². The molecule has 1 heterocycles. The van der Waals surface area contributed by atoms with E-state index < -0.39 is 5.97 Å². The van der Waals surface area contributed by atoms with E-state index in [1.807, 2.05) is 0 Å². The van der Waals surface area contributed by atoms with Gasteiger partial charge in [-0.2, -0.15) is 0 Å². The molecule has 0 bridgehead atoms. The maximum Gasteiger partial charge on any atom is 0.360 e. The molecule has 0 amide bonds. The molecule has 6 heteroatoms. The van der Waals surface area contributed by atoms with E-state index in [-0.39, 0.29) is 5.71 Å². The first-order chi connectivity index (χ1) is 5.79. The molecule has 0 fully saturated rings. The van der Waals surface area contributed by atoms with Crippen LogP contribution in [0.5, 0.6) is 0 Å². The van der Waals surface area contributed by atoms with Crippen LogP contribution < -0.4 is 0 Å². The van der Waals surface area contributed by atoms with Crippen LogP contribution in [0.4, 0.5) is 0 Å². The Kier molecular flexibility index (Phi) is 2.76. The lowest BCUT2D eigenvalue weighted by Crippen LogP contribution is -2.16. The largest absolute Gasteiger partial charge is 0.464 e. The molecule has 1 rings (SSSR count). The molecule has 1 aromatic heterocycles. The van der Waals surface area contributed by atoms with Crippen molar-refractivity contribution in [2.24, 2.45) is 5.16 Å². The summed E-state index contributed by atoms with van der Waals surface area (Å²) in [5.74, 6) is -0.683. The highest BCUT2D eigenvalue weighted by molar-refractivity contribution is 7.03. The number of ether oxygens (including phenoxy) is 1. The topological polar surface area (TPSA) is 71.8 Å². The Bertz CT molecular complexity index is 294. The second kappa shape index (κ2) is 3.82. The van der Waals surface area contributed by atoms with E-state index in [1.165, 1.54) is 13.3 Å². The Hall–Kier alpha value is -1.43. The highest BCUT2D eigenvalue weighted by atomic mass is 32.1. The van der Waals surface area contributed by atoms with Crippen LogP contribution >= 0.6 is 11.5 Å². The van der Waals surface area contributed by atoms with Crippen molar-refractivity contribution in [3.8, 4) is 0 Å². The predicted molar refractivity (Wildman–Crippen MR) is 42.5 cm³/mol. The van der Waals surface area contributed by atoms with E-state index >= 15 is 0 Å². The van der Waals surface area contributed by atoms with Gasteiger partial charge in [0, 0.05) is 10.9 Å².